The number of nitrogens with zero attached hydrogens (tertiary/aromatic N) is 1. The Kier molecular flexibility index (Phi) is 5.53. The van der Waals surface area contributed by atoms with Gasteiger partial charge in [0, 0.05) is 11.6 Å². The van der Waals surface area contributed by atoms with E-state index >= 15 is 0 Å². The number of hydrogen-bond donors (Lipinski definition) is 2. The number of rotatable bonds is 6. The SMILES string of the molecule is Cc1cc(=O)c2oc(-c3ccccc3)c(CC(=O)NC(c3nc4ccccc4[nH]3)C(C)C)c2o1. The minimum atomic E-state index is -0.313. The maximum atomic E-state index is 13.3. The minimum absolute atomic E-state index is 0.00688. The van der Waals surface area contributed by atoms with Crippen molar-refractivity contribution in [1.29, 1.82) is 0 Å². The Morgan fingerprint density at radius 3 is 2.50 bits per heavy atom. The molecule has 1 atom stereocenters. The molecule has 0 aliphatic rings. The highest BCUT2D eigenvalue weighted by atomic mass is 16.4. The predicted octanol–water partition coefficient (Wildman–Crippen LogP) is 5.29. The first kappa shape index (κ1) is 21.7. The van der Waals surface area contributed by atoms with Gasteiger partial charge in [0.15, 0.2) is 5.58 Å². The molecule has 0 aliphatic heterocycles. The largest absolute Gasteiger partial charge is 0.457 e. The Bertz CT molecular complexity index is 1510. The maximum Gasteiger partial charge on any atom is 0.228 e. The third-order valence-electron chi connectivity index (χ3n) is 5.84. The second-order valence-corrected chi connectivity index (χ2v) is 8.76. The number of para-hydroxylation sites is 2. The predicted molar refractivity (Wildman–Crippen MR) is 130 cm³/mol. The number of carbonyl (C=O) groups excluding carboxylic acids is 1. The summed E-state index contributed by atoms with van der Waals surface area (Å²) < 4.78 is 11.8. The van der Waals surface area contributed by atoms with Crippen molar-refractivity contribution in [2.45, 2.75) is 33.2 Å². The van der Waals surface area contributed by atoms with Crippen LogP contribution in [0.25, 0.3) is 33.5 Å². The van der Waals surface area contributed by atoms with Gasteiger partial charge in [-0.2, -0.15) is 0 Å². The van der Waals surface area contributed by atoms with E-state index in [0.29, 0.717) is 28.5 Å². The van der Waals surface area contributed by atoms with Gasteiger partial charge in [-0.1, -0.05) is 56.3 Å². The number of H-pyrrole nitrogens is 1. The fourth-order valence-corrected chi connectivity index (χ4v) is 4.20. The van der Waals surface area contributed by atoms with Crippen LogP contribution in [-0.2, 0) is 11.2 Å². The van der Waals surface area contributed by atoms with Gasteiger partial charge in [0.25, 0.3) is 0 Å². The molecule has 1 amide bonds. The van der Waals surface area contributed by atoms with Gasteiger partial charge < -0.3 is 19.1 Å². The number of amides is 1. The molecule has 3 heterocycles. The van der Waals surface area contributed by atoms with E-state index in [-0.39, 0.29) is 35.3 Å². The number of imidazole rings is 1. The van der Waals surface area contributed by atoms with E-state index in [1.54, 1.807) is 6.92 Å². The van der Waals surface area contributed by atoms with Crippen molar-refractivity contribution in [1.82, 2.24) is 15.3 Å². The van der Waals surface area contributed by atoms with Crippen molar-refractivity contribution in [2.24, 2.45) is 5.92 Å². The van der Waals surface area contributed by atoms with Crippen molar-refractivity contribution in [3.63, 3.8) is 0 Å². The fourth-order valence-electron chi connectivity index (χ4n) is 4.20. The first-order valence-electron chi connectivity index (χ1n) is 11.3. The first-order valence-corrected chi connectivity index (χ1v) is 11.3. The number of aromatic nitrogens is 2. The molecular formula is C27H25N3O4. The number of fused-ring (bicyclic) bond motifs is 2. The van der Waals surface area contributed by atoms with E-state index in [1.807, 2.05) is 68.4 Å². The standard InChI is InChI=1S/C27H25N3O4/c1-15(2)23(27-28-19-11-7-8-12-20(19)29-27)30-22(32)14-18-24(17-9-5-4-6-10-17)34-26-21(31)13-16(3)33-25(18)26/h4-13,15,23H,14H2,1-3H3,(H,28,29)(H,30,32). The van der Waals surface area contributed by atoms with Gasteiger partial charge in [-0.25, -0.2) is 4.98 Å². The van der Waals surface area contributed by atoms with Crippen LogP contribution in [-0.4, -0.2) is 15.9 Å². The zero-order valence-corrected chi connectivity index (χ0v) is 19.2. The molecule has 7 heteroatoms. The molecule has 34 heavy (non-hydrogen) atoms. The van der Waals surface area contributed by atoms with E-state index in [1.165, 1.54) is 6.07 Å². The molecule has 2 N–H and O–H groups in total. The lowest BCUT2D eigenvalue weighted by molar-refractivity contribution is -0.121. The number of carbonyl (C=O) groups is 1. The van der Waals surface area contributed by atoms with Crippen molar-refractivity contribution in [3.05, 3.63) is 88.0 Å². The molecule has 5 aromatic rings. The summed E-state index contributed by atoms with van der Waals surface area (Å²) in [6, 6.07) is 18.2. The highest BCUT2D eigenvalue weighted by molar-refractivity contribution is 5.90. The zero-order valence-electron chi connectivity index (χ0n) is 19.2. The van der Waals surface area contributed by atoms with Gasteiger partial charge in [0.2, 0.25) is 16.9 Å². The molecule has 0 fully saturated rings. The van der Waals surface area contributed by atoms with Crippen LogP contribution < -0.4 is 10.7 Å². The molecule has 0 aliphatic carbocycles. The first-order chi connectivity index (χ1) is 16.4. The molecule has 0 saturated heterocycles. The highest BCUT2D eigenvalue weighted by Gasteiger charge is 2.26. The second kappa shape index (κ2) is 8.67. The normalized spacial score (nSPS) is 12.5. The molecule has 5 rings (SSSR count). The summed E-state index contributed by atoms with van der Waals surface area (Å²) in [6.45, 7) is 5.77. The monoisotopic (exact) mass is 455 g/mol. The van der Waals surface area contributed by atoms with Gasteiger partial charge in [-0.3, -0.25) is 9.59 Å². The summed E-state index contributed by atoms with van der Waals surface area (Å²) in [4.78, 5) is 33.8. The Morgan fingerprint density at radius 1 is 1.03 bits per heavy atom. The van der Waals surface area contributed by atoms with E-state index < -0.39 is 0 Å². The smallest absolute Gasteiger partial charge is 0.228 e. The van der Waals surface area contributed by atoms with E-state index in [0.717, 1.165) is 16.6 Å². The van der Waals surface area contributed by atoms with Crippen LogP contribution in [0, 0.1) is 12.8 Å². The molecule has 2 aromatic carbocycles. The quantitative estimate of drug-likeness (QED) is 0.362. The van der Waals surface area contributed by atoms with E-state index in [4.69, 9.17) is 8.83 Å². The maximum absolute atomic E-state index is 13.3. The molecule has 1 unspecified atom stereocenters. The fraction of sp³-hybridized carbons (Fsp3) is 0.222. The van der Waals surface area contributed by atoms with E-state index in [2.05, 4.69) is 15.3 Å². The molecule has 0 radical (unpaired) electrons. The van der Waals surface area contributed by atoms with Crippen LogP contribution in [0.4, 0.5) is 0 Å². The number of benzene rings is 2. The van der Waals surface area contributed by atoms with Crippen molar-refractivity contribution < 1.29 is 13.6 Å². The van der Waals surface area contributed by atoms with Crippen molar-refractivity contribution >= 4 is 28.1 Å². The summed E-state index contributed by atoms with van der Waals surface area (Å²) in [5, 5.41) is 3.11. The van der Waals surface area contributed by atoms with Crippen LogP contribution in [0.5, 0.6) is 0 Å². The molecule has 3 aromatic heterocycles. The lowest BCUT2D eigenvalue weighted by Gasteiger charge is -2.20. The van der Waals surface area contributed by atoms with Gasteiger partial charge in [-0.05, 0) is 25.0 Å². The number of aryl methyl sites for hydroxylation is 1. The Hall–Kier alpha value is -4.13. The number of hydrogen-bond acceptors (Lipinski definition) is 5. The van der Waals surface area contributed by atoms with Crippen LogP contribution in [0.3, 0.4) is 0 Å². The minimum Gasteiger partial charge on any atom is -0.457 e. The highest BCUT2D eigenvalue weighted by Crippen LogP contribution is 2.33. The van der Waals surface area contributed by atoms with Crippen LogP contribution >= 0.6 is 0 Å². The van der Waals surface area contributed by atoms with Gasteiger partial charge >= 0.3 is 0 Å². The summed E-state index contributed by atoms with van der Waals surface area (Å²) in [5.41, 5.74) is 3.24. The van der Waals surface area contributed by atoms with Crippen molar-refractivity contribution in [2.75, 3.05) is 0 Å². The topological polar surface area (TPSA) is 101 Å². The molecule has 0 bridgehead atoms. The lowest BCUT2D eigenvalue weighted by atomic mass is 10.0. The number of nitrogens with one attached hydrogen (secondary N) is 2. The summed E-state index contributed by atoms with van der Waals surface area (Å²) >= 11 is 0. The zero-order chi connectivity index (χ0) is 23.8. The molecule has 7 nitrogen and oxygen atoms in total. The average Bonchev–Trinajstić information content (AvgIpc) is 3.40. The summed E-state index contributed by atoms with van der Waals surface area (Å²) in [5.74, 6) is 1.50. The third-order valence-corrected chi connectivity index (χ3v) is 5.84. The molecule has 0 saturated carbocycles. The second-order valence-electron chi connectivity index (χ2n) is 8.76. The summed E-state index contributed by atoms with van der Waals surface area (Å²) in [6.07, 6.45) is -0.00688. The van der Waals surface area contributed by atoms with Gasteiger partial charge in [0.05, 0.1) is 29.1 Å². The lowest BCUT2D eigenvalue weighted by Crippen LogP contribution is -2.33. The van der Waals surface area contributed by atoms with E-state index in [9.17, 15) is 9.59 Å². The van der Waals surface area contributed by atoms with Crippen LogP contribution in [0.15, 0.2) is 74.3 Å². The third kappa shape index (κ3) is 4.01. The van der Waals surface area contributed by atoms with Crippen LogP contribution in [0.2, 0.25) is 0 Å². The molecule has 0 spiro atoms. The van der Waals surface area contributed by atoms with Gasteiger partial charge in [-0.15, -0.1) is 0 Å². The van der Waals surface area contributed by atoms with Crippen LogP contribution in [0.1, 0.15) is 37.0 Å². The molecular weight excluding hydrogens is 430 g/mol. The summed E-state index contributed by atoms with van der Waals surface area (Å²) in [7, 11) is 0. The number of aromatic amines is 1. The Labute approximate surface area is 195 Å². The van der Waals surface area contributed by atoms with Gasteiger partial charge in [0.1, 0.15) is 17.3 Å². The van der Waals surface area contributed by atoms with Crippen molar-refractivity contribution in [3.8, 4) is 11.3 Å². The molecule has 172 valence electrons. The average molecular weight is 456 g/mol. The number of furan rings is 1. The Morgan fingerprint density at radius 2 is 1.76 bits per heavy atom. The Balaban J connectivity index is 1.51.